The van der Waals surface area contributed by atoms with Gasteiger partial charge in [0.2, 0.25) is 5.91 Å². The van der Waals surface area contributed by atoms with Gasteiger partial charge in [-0.3, -0.25) is 4.79 Å². The maximum absolute atomic E-state index is 13.8. The molecule has 0 aromatic carbocycles. The minimum atomic E-state index is -4.02. The highest BCUT2D eigenvalue weighted by Gasteiger charge is 2.24. The molecule has 0 saturated heterocycles. The molecule has 1 heterocycles. The standard InChI is InChI=1S/C9H11FN2O5S/c1-6(14)12(17-18(2,15)16)9-8(10)7(5-13)3-4-11-9/h3-4,13H,5H2,1-2H3. The summed E-state index contributed by atoms with van der Waals surface area (Å²) in [5, 5.41) is 9.08. The SMILES string of the molecule is CC(=O)N(OS(C)(=O)=O)c1nccc(CO)c1F. The summed E-state index contributed by atoms with van der Waals surface area (Å²) >= 11 is 0. The lowest BCUT2D eigenvalue weighted by atomic mass is 10.2. The van der Waals surface area contributed by atoms with E-state index >= 15 is 0 Å². The lowest BCUT2D eigenvalue weighted by Gasteiger charge is -2.18. The second-order valence-electron chi connectivity index (χ2n) is 3.36. The number of carbonyl (C=O) groups excluding carboxylic acids is 1. The van der Waals surface area contributed by atoms with Gasteiger partial charge in [0.05, 0.1) is 12.9 Å². The Morgan fingerprint density at radius 1 is 1.61 bits per heavy atom. The van der Waals surface area contributed by atoms with Crippen molar-refractivity contribution in [2.45, 2.75) is 13.5 Å². The minimum absolute atomic E-state index is 0.136. The molecule has 0 unspecified atom stereocenters. The van der Waals surface area contributed by atoms with Crippen molar-refractivity contribution < 1.29 is 27.0 Å². The largest absolute Gasteiger partial charge is 0.392 e. The van der Waals surface area contributed by atoms with Gasteiger partial charge in [-0.2, -0.15) is 8.42 Å². The molecule has 1 aromatic heterocycles. The third kappa shape index (κ3) is 3.45. The molecule has 0 aliphatic rings. The van der Waals surface area contributed by atoms with Gasteiger partial charge in [0.15, 0.2) is 11.6 Å². The molecule has 1 rings (SSSR count). The number of anilines is 1. The quantitative estimate of drug-likeness (QED) is 0.776. The summed E-state index contributed by atoms with van der Waals surface area (Å²) in [5.41, 5.74) is -0.136. The maximum Gasteiger partial charge on any atom is 0.285 e. The monoisotopic (exact) mass is 278 g/mol. The van der Waals surface area contributed by atoms with Gasteiger partial charge in [-0.25, -0.2) is 9.37 Å². The van der Waals surface area contributed by atoms with Gasteiger partial charge in [0.1, 0.15) is 0 Å². The number of hydrogen-bond donors (Lipinski definition) is 1. The molecule has 0 aliphatic heterocycles. The van der Waals surface area contributed by atoms with Crippen molar-refractivity contribution in [1.82, 2.24) is 4.98 Å². The van der Waals surface area contributed by atoms with Crippen LogP contribution in [0.25, 0.3) is 0 Å². The van der Waals surface area contributed by atoms with E-state index in [1.807, 2.05) is 0 Å². The molecule has 18 heavy (non-hydrogen) atoms. The molecule has 0 bridgehead atoms. The van der Waals surface area contributed by atoms with E-state index in [2.05, 4.69) is 9.27 Å². The fourth-order valence-corrected chi connectivity index (χ4v) is 1.55. The smallest absolute Gasteiger partial charge is 0.285 e. The molecule has 1 N–H and O–H groups in total. The molecule has 0 spiro atoms. The van der Waals surface area contributed by atoms with Gasteiger partial charge < -0.3 is 5.11 Å². The average molecular weight is 278 g/mol. The molecule has 0 aliphatic carbocycles. The molecule has 0 saturated carbocycles. The van der Waals surface area contributed by atoms with Crippen LogP contribution in [0.4, 0.5) is 10.2 Å². The predicted octanol–water partition coefficient (Wildman–Crippen LogP) is -0.0429. The number of aliphatic hydroxyl groups excluding tert-OH is 1. The van der Waals surface area contributed by atoms with Gasteiger partial charge in [-0.1, -0.05) is 0 Å². The fourth-order valence-electron chi connectivity index (χ4n) is 1.11. The minimum Gasteiger partial charge on any atom is -0.392 e. The van der Waals surface area contributed by atoms with Crippen LogP contribution in [0.5, 0.6) is 0 Å². The number of halogens is 1. The van der Waals surface area contributed by atoms with Crippen molar-refractivity contribution in [3.63, 3.8) is 0 Å². The van der Waals surface area contributed by atoms with Gasteiger partial charge in [-0.05, 0) is 6.07 Å². The Bertz CT molecular complexity index is 560. The van der Waals surface area contributed by atoms with E-state index in [1.54, 1.807) is 0 Å². The highest BCUT2D eigenvalue weighted by molar-refractivity contribution is 7.86. The van der Waals surface area contributed by atoms with Crippen LogP contribution < -0.4 is 5.06 Å². The average Bonchev–Trinajstić information content (AvgIpc) is 2.25. The first-order valence-corrected chi connectivity index (χ1v) is 6.52. The van der Waals surface area contributed by atoms with Crippen molar-refractivity contribution in [2.24, 2.45) is 0 Å². The molecule has 0 atom stereocenters. The molecule has 7 nitrogen and oxygen atoms in total. The van der Waals surface area contributed by atoms with Gasteiger partial charge >= 0.3 is 0 Å². The molecular weight excluding hydrogens is 267 g/mol. The number of amides is 1. The lowest BCUT2D eigenvalue weighted by molar-refractivity contribution is -0.120. The van der Waals surface area contributed by atoms with Gasteiger partial charge in [0, 0.05) is 18.7 Å². The number of hydrogen-bond acceptors (Lipinski definition) is 6. The van der Waals surface area contributed by atoms with Crippen LogP contribution in [0.1, 0.15) is 12.5 Å². The first kappa shape index (κ1) is 14.5. The molecule has 0 radical (unpaired) electrons. The Kier molecular flexibility index (Phi) is 4.33. The van der Waals surface area contributed by atoms with Crippen molar-refractivity contribution in [3.05, 3.63) is 23.6 Å². The summed E-state index contributed by atoms with van der Waals surface area (Å²) in [7, 11) is -4.02. The number of hydroxylamine groups is 1. The van der Waals surface area contributed by atoms with Crippen LogP contribution >= 0.6 is 0 Å². The predicted molar refractivity (Wildman–Crippen MR) is 59.2 cm³/mol. The summed E-state index contributed by atoms with van der Waals surface area (Å²) in [5.74, 6) is -2.53. The fraction of sp³-hybridized carbons (Fsp3) is 0.333. The van der Waals surface area contributed by atoms with Crippen LogP contribution in [0.15, 0.2) is 12.3 Å². The summed E-state index contributed by atoms with van der Waals surface area (Å²) < 4.78 is 40.0. The molecule has 0 fully saturated rings. The van der Waals surface area contributed by atoms with Crippen molar-refractivity contribution in [1.29, 1.82) is 0 Å². The first-order chi connectivity index (χ1) is 8.26. The highest BCUT2D eigenvalue weighted by atomic mass is 32.2. The van der Waals surface area contributed by atoms with Crippen molar-refractivity contribution in [2.75, 3.05) is 11.3 Å². The van der Waals surface area contributed by atoms with Crippen LogP contribution in [0.3, 0.4) is 0 Å². The van der Waals surface area contributed by atoms with Crippen LogP contribution in [-0.2, 0) is 25.8 Å². The van der Waals surface area contributed by atoms with Crippen LogP contribution in [0.2, 0.25) is 0 Å². The zero-order valence-electron chi connectivity index (χ0n) is 9.62. The third-order valence-electron chi connectivity index (χ3n) is 1.81. The van der Waals surface area contributed by atoms with Crippen molar-refractivity contribution >= 4 is 21.8 Å². The van der Waals surface area contributed by atoms with Crippen LogP contribution in [-0.4, -0.2) is 30.7 Å². The summed E-state index contributed by atoms with van der Waals surface area (Å²) in [4.78, 5) is 14.8. The molecule has 1 amide bonds. The summed E-state index contributed by atoms with van der Waals surface area (Å²) in [6.07, 6.45) is 1.82. The highest BCUT2D eigenvalue weighted by Crippen LogP contribution is 2.20. The zero-order valence-corrected chi connectivity index (χ0v) is 10.4. The van der Waals surface area contributed by atoms with E-state index in [-0.39, 0.29) is 10.6 Å². The summed E-state index contributed by atoms with van der Waals surface area (Å²) in [6.45, 7) is 0.365. The number of aliphatic hydroxyl groups is 1. The number of carbonyl (C=O) groups is 1. The number of nitrogens with zero attached hydrogens (tertiary/aromatic N) is 2. The maximum atomic E-state index is 13.8. The van der Waals surface area contributed by atoms with E-state index in [1.165, 1.54) is 6.07 Å². The van der Waals surface area contributed by atoms with E-state index in [4.69, 9.17) is 5.11 Å². The Balaban J connectivity index is 3.27. The summed E-state index contributed by atoms with van der Waals surface area (Å²) in [6, 6.07) is 1.19. The van der Waals surface area contributed by atoms with E-state index in [0.717, 1.165) is 13.1 Å². The van der Waals surface area contributed by atoms with E-state index < -0.39 is 34.3 Å². The van der Waals surface area contributed by atoms with Gasteiger partial charge in [0.25, 0.3) is 10.1 Å². The van der Waals surface area contributed by atoms with E-state index in [9.17, 15) is 17.6 Å². The molecule has 100 valence electrons. The molecule has 1 aromatic rings. The Hall–Kier alpha value is -1.58. The van der Waals surface area contributed by atoms with Crippen molar-refractivity contribution in [3.8, 4) is 0 Å². The second kappa shape index (κ2) is 5.38. The zero-order chi connectivity index (χ0) is 13.9. The Morgan fingerprint density at radius 3 is 2.67 bits per heavy atom. The lowest BCUT2D eigenvalue weighted by Crippen LogP contribution is -2.33. The van der Waals surface area contributed by atoms with Gasteiger partial charge in [-0.15, -0.1) is 9.35 Å². The number of rotatable bonds is 4. The molecule has 9 heteroatoms. The third-order valence-corrected chi connectivity index (χ3v) is 2.23. The Labute approximate surface area is 103 Å². The first-order valence-electron chi connectivity index (χ1n) is 4.70. The number of aromatic nitrogens is 1. The molecular formula is C9H11FN2O5S. The topological polar surface area (TPSA) is 96.8 Å². The normalized spacial score (nSPS) is 11.3. The Morgan fingerprint density at radius 2 is 2.22 bits per heavy atom. The second-order valence-corrected chi connectivity index (χ2v) is 4.92. The van der Waals surface area contributed by atoms with Crippen LogP contribution in [0, 0.1) is 5.82 Å². The van der Waals surface area contributed by atoms with E-state index in [0.29, 0.717) is 6.26 Å². The number of pyridine rings is 1.